The van der Waals surface area contributed by atoms with Crippen LogP contribution >= 0.6 is 7.82 Å². The van der Waals surface area contributed by atoms with Gasteiger partial charge in [0.25, 0.3) is 0 Å². The fraction of sp³-hybridized carbons (Fsp3) is 0.464. The van der Waals surface area contributed by atoms with Crippen LogP contribution < -0.4 is 16.4 Å². The number of carboxylic acids is 4. The Labute approximate surface area is 289 Å². The number of phosphoric acid groups is 1. The van der Waals surface area contributed by atoms with E-state index in [4.69, 9.17) is 25.7 Å². The highest BCUT2D eigenvalue weighted by atomic mass is 31.2. The highest BCUT2D eigenvalue weighted by molar-refractivity contribution is 7.46. The minimum atomic E-state index is -5.07. The highest BCUT2D eigenvalue weighted by Crippen LogP contribution is 2.35. The van der Waals surface area contributed by atoms with Gasteiger partial charge in [0.1, 0.15) is 12.1 Å². The molecule has 0 saturated heterocycles. The molecule has 0 aliphatic carbocycles. The third kappa shape index (κ3) is 16.5. The van der Waals surface area contributed by atoms with Gasteiger partial charge in [-0.3, -0.25) is 52.8 Å². The number of H-pyrrole nitrogens is 1. The van der Waals surface area contributed by atoms with Crippen LogP contribution in [0.2, 0.25) is 0 Å². The van der Waals surface area contributed by atoms with E-state index in [1.165, 1.54) is 4.90 Å². The molecule has 0 spiro atoms. The largest absolute Gasteiger partial charge is 0.480 e. The Hall–Kier alpha value is -4.96. The van der Waals surface area contributed by atoms with Crippen LogP contribution in [0.25, 0.3) is 10.9 Å². The molecular formula is C28H40N7O15P. The monoisotopic (exact) mass is 745 g/mol. The number of carboxylic acid groups (broad SMARTS) is 4. The maximum absolute atomic E-state index is 13.4. The fourth-order valence-electron chi connectivity index (χ4n) is 4.84. The molecule has 0 unspecified atom stereocenters. The molecule has 0 radical (unpaired) electrons. The van der Waals surface area contributed by atoms with Gasteiger partial charge in [-0.1, -0.05) is 18.2 Å². The van der Waals surface area contributed by atoms with Crippen molar-refractivity contribution < 1.29 is 72.9 Å². The number of benzene rings is 1. The zero-order valence-electron chi connectivity index (χ0n) is 27.0. The second-order valence-electron chi connectivity index (χ2n) is 11.2. The lowest BCUT2D eigenvalue weighted by atomic mass is 10.0. The van der Waals surface area contributed by atoms with Crippen LogP contribution in [0.15, 0.2) is 30.5 Å². The van der Waals surface area contributed by atoms with Crippen molar-refractivity contribution in [2.24, 2.45) is 5.73 Å². The molecular weight excluding hydrogens is 705 g/mol. The van der Waals surface area contributed by atoms with Crippen molar-refractivity contribution in [3.05, 3.63) is 36.0 Å². The Balaban J connectivity index is 2.24. The number of hydrogen-bond acceptors (Lipinski definition) is 12. The van der Waals surface area contributed by atoms with Gasteiger partial charge in [0.15, 0.2) is 0 Å². The molecule has 1 heterocycles. The van der Waals surface area contributed by atoms with Crippen molar-refractivity contribution in [1.82, 2.24) is 30.3 Å². The minimum Gasteiger partial charge on any atom is -0.480 e. The number of carbonyl (C=O) groups is 7. The number of para-hydroxylation sites is 1. The smallest absolute Gasteiger partial charge is 0.469 e. The topological polar surface area (TPSA) is 343 Å². The summed E-state index contributed by atoms with van der Waals surface area (Å²) in [6.45, 7) is -4.85. The van der Waals surface area contributed by atoms with Crippen LogP contribution in [0.4, 0.5) is 0 Å². The summed E-state index contributed by atoms with van der Waals surface area (Å²) in [5.41, 5.74) is 6.50. The lowest BCUT2D eigenvalue weighted by Gasteiger charge is -2.28. The predicted molar refractivity (Wildman–Crippen MR) is 173 cm³/mol. The van der Waals surface area contributed by atoms with Crippen LogP contribution in [-0.4, -0.2) is 169 Å². The molecule has 1 aromatic heterocycles. The molecule has 2 atom stereocenters. The molecule has 0 aliphatic rings. The van der Waals surface area contributed by atoms with Gasteiger partial charge in [0.2, 0.25) is 17.7 Å². The zero-order chi connectivity index (χ0) is 38.3. The average molecular weight is 746 g/mol. The van der Waals surface area contributed by atoms with Gasteiger partial charge in [-0.25, -0.2) is 4.57 Å². The van der Waals surface area contributed by atoms with Crippen LogP contribution in [0.5, 0.6) is 0 Å². The van der Waals surface area contributed by atoms with Gasteiger partial charge < -0.3 is 51.6 Å². The van der Waals surface area contributed by atoms with Gasteiger partial charge in [-0.15, -0.1) is 0 Å². The van der Waals surface area contributed by atoms with Gasteiger partial charge in [0.05, 0.1) is 39.3 Å². The molecule has 0 saturated carbocycles. The van der Waals surface area contributed by atoms with Crippen LogP contribution in [0.3, 0.4) is 0 Å². The first-order chi connectivity index (χ1) is 23.8. The Bertz CT molecular complexity index is 1600. The van der Waals surface area contributed by atoms with Crippen LogP contribution in [-0.2, 0) is 49.1 Å². The van der Waals surface area contributed by atoms with Crippen LogP contribution in [0.1, 0.15) is 5.56 Å². The Morgan fingerprint density at radius 1 is 0.745 bits per heavy atom. The molecule has 51 heavy (non-hydrogen) atoms. The lowest BCUT2D eigenvalue weighted by molar-refractivity contribution is -0.143. The second-order valence-corrected chi connectivity index (χ2v) is 12.4. The summed E-state index contributed by atoms with van der Waals surface area (Å²) in [5.74, 6) is -8.35. The molecule has 2 aromatic rings. The van der Waals surface area contributed by atoms with E-state index in [0.29, 0.717) is 16.5 Å². The second kappa shape index (κ2) is 20.0. The maximum Gasteiger partial charge on any atom is 0.469 e. The number of aromatic amines is 1. The van der Waals surface area contributed by atoms with E-state index < -0.39 is 101 Å². The van der Waals surface area contributed by atoms with E-state index >= 15 is 0 Å². The number of fused-ring (bicyclic) bond motifs is 1. The van der Waals surface area contributed by atoms with Gasteiger partial charge in [-0.05, 0) is 11.6 Å². The van der Waals surface area contributed by atoms with Crippen molar-refractivity contribution in [2.45, 2.75) is 18.5 Å². The number of primary amides is 1. The third-order valence-electron chi connectivity index (χ3n) is 7.09. The molecule has 0 aliphatic heterocycles. The Morgan fingerprint density at radius 2 is 1.24 bits per heavy atom. The molecule has 282 valence electrons. The van der Waals surface area contributed by atoms with Crippen molar-refractivity contribution in [3.8, 4) is 0 Å². The fourth-order valence-corrected chi connectivity index (χ4v) is 5.18. The van der Waals surface area contributed by atoms with E-state index in [-0.39, 0.29) is 32.6 Å². The standard InChI is InChI=1S/C28H40N7O15P/c29-27(45)21(16-50-51(47,48)49)32-28(46)20(9-17-10-30-19-4-2-1-3-18(17)19)31-22(36)11-34(13-24(39)40)7-5-33(12-23(37)38)6-8-35(14-25(41)42)15-26(43)44/h1-4,10,20-21,30H,5-9,11-16H2,(H2,29,45)(H,31,36)(H,32,46)(H,37,38)(H,39,40)(H,41,42)(H,43,44)(H2,47,48,49)/t20-,21-/m0/s1. The average Bonchev–Trinajstić information content (AvgIpc) is 3.40. The number of nitrogens with two attached hydrogens (primary N) is 1. The summed E-state index contributed by atoms with van der Waals surface area (Å²) >= 11 is 0. The highest BCUT2D eigenvalue weighted by Gasteiger charge is 2.29. The van der Waals surface area contributed by atoms with Crippen molar-refractivity contribution >= 4 is 60.3 Å². The number of aliphatic carboxylic acids is 4. The molecule has 0 fully saturated rings. The van der Waals surface area contributed by atoms with E-state index in [2.05, 4.69) is 20.1 Å². The quantitative estimate of drug-likeness (QED) is 0.0441. The third-order valence-corrected chi connectivity index (χ3v) is 7.57. The summed E-state index contributed by atoms with van der Waals surface area (Å²) < 4.78 is 15.5. The van der Waals surface area contributed by atoms with E-state index in [9.17, 15) is 48.3 Å². The van der Waals surface area contributed by atoms with E-state index in [1.807, 2.05) is 0 Å². The van der Waals surface area contributed by atoms with Crippen LogP contribution in [0, 0.1) is 0 Å². The normalized spacial score (nSPS) is 12.9. The summed E-state index contributed by atoms with van der Waals surface area (Å²) in [5, 5.41) is 42.3. The Morgan fingerprint density at radius 3 is 1.75 bits per heavy atom. The van der Waals surface area contributed by atoms with Crippen molar-refractivity contribution in [1.29, 1.82) is 0 Å². The number of amides is 3. The number of aromatic nitrogens is 1. The number of nitrogens with one attached hydrogen (secondary N) is 3. The minimum absolute atomic E-state index is 0.125. The Kier molecular flexibility index (Phi) is 16.6. The van der Waals surface area contributed by atoms with Crippen molar-refractivity contribution in [3.63, 3.8) is 0 Å². The maximum atomic E-state index is 13.4. The van der Waals surface area contributed by atoms with Gasteiger partial charge in [-0.2, -0.15) is 0 Å². The number of hydrogen-bond donors (Lipinski definition) is 10. The SMILES string of the molecule is NC(=O)[C@H](COP(=O)(O)O)NC(=O)[C@H](Cc1c[nH]c2ccccc12)NC(=O)CN(CCN(CCN(CC(=O)O)CC(=O)O)CC(=O)O)CC(=O)O. The summed E-state index contributed by atoms with van der Waals surface area (Å²) in [6, 6.07) is 3.80. The molecule has 23 heteroatoms. The first-order valence-corrected chi connectivity index (χ1v) is 16.5. The van der Waals surface area contributed by atoms with E-state index in [0.717, 1.165) is 9.80 Å². The number of carbonyl (C=O) groups excluding carboxylic acids is 3. The molecule has 11 N–H and O–H groups in total. The summed E-state index contributed by atoms with van der Waals surface area (Å²) in [6.07, 6.45) is 1.39. The number of phosphoric ester groups is 1. The summed E-state index contributed by atoms with van der Waals surface area (Å²) in [7, 11) is -5.07. The number of rotatable bonds is 25. The lowest BCUT2D eigenvalue weighted by Crippen LogP contribution is -2.56. The molecule has 3 amide bonds. The molecule has 0 bridgehead atoms. The first-order valence-electron chi connectivity index (χ1n) is 15.0. The number of nitrogens with zero attached hydrogens (tertiary/aromatic N) is 3. The predicted octanol–water partition coefficient (Wildman–Crippen LogP) is -3.48. The van der Waals surface area contributed by atoms with Gasteiger partial charge >= 0.3 is 31.7 Å². The van der Waals surface area contributed by atoms with E-state index in [1.54, 1.807) is 30.5 Å². The summed E-state index contributed by atoms with van der Waals surface area (Å²) in [4.78, 5) is 108. The van der Waals surface area contributed by atoms with Crippen molar-refractivity contribution in [2.75, 3.05) is 65.5 Å². The molecule has 1 aromatic carbocycles. The molecule has 2 rings (SSSR count). The molecule has 22 nitrogen and oxygen atoms in total. The first kappa shape index (κ1) is 42.2. The zero-order valence-corrected chi connectivity index (χ0v) is 27.9. The van der Waals surface area contributed by atoms with Gasteiger partial charge in [0, 0.05) is 49.7 Å².